The van der Waals surface area contributed by atoms with Gasteiger partial charge >= 0.3 is 0 Å². The van der Waals surface area contributed by atoms with E-state index in [9.17, 15) is 4.79 Å². The van der Waals surface area contributed by atoms with Gasteiger partial charge < -0.3 is 25.5 Å². The smallest absolute Gasteiger partial charge is 0.271 e. The third-order valence-electron chi connectivity index (χ3n) is 1.67. The lowest BCUT2D eigenvalue weighted by Crippen LogP contribution is -2.62. The largest absolute Gasteiger partial charge is 0.394 e. The third-order valence-corrected chi connectivity index (χ3v) is 1.97. The summed E-state index contributed by atoms with van der Waals surface area (Å²) in [6.45, 7) is -0.870. The molecule has 0 aromatic heterocycles. The summed E-state index contributed by atoms with van der Waals surface area (Å²) in [6.07, 6.45) is -5.93. The number of nitrogens with two attached hydrogens (primary N) is 1. The number of hydrogen-bond acceptors (Lipinski definition) is 7. The molecule has 0 bridgehead atoms. The molecule has 0 spiro atoms. The Balaban J connectivity index is 4.60. The summed E-state index contributed by atoms with van der Waals surface area (Å²) in [7, 11) is 0. The van der Waals surface area contributed by atoms with Gasteiger partial charge in [-0.25, -0.2) is 0 Å². The van der Waals surface area contributed by atoms with Crippen LogP contribution in [0.5, 0.6) is 0 Å². The van der Waals surface area contributed by atoms with Crippen LogP contribution in [0.25, 0.3) is 0 Å². The number of rotatable bonds is 5. The van der Waals surface area contributed by atoms with Crippen LogP contribution in [0.15, 0.2) is 0 Å². The molecule has 0 aliphatic rings. The first-order chi connectivity index (χ1) is 6.25. The molecule has 14 heavy (non-hydrogen) atoms. The molecule has 8 heteroatoms. The first kappa shape index (κ1) is 13.7. The molecule has 0 aliphatic carbocycles. The van der Waals surface area contributed by atoms with Crippen molar-refractivity contribution in [3.05, 3.63) is 0 Å². The summed E-state index contributed by atoms with van der Waals surface area (Å²) >= 11 is 4.83. The second kappa shape index (κ2) is 4.99. The molecule has 0 aromatic carbocycles. The van der Waals surface area contributed by atoms with Crippen LogP contribution in [0.3, 0.4) is 0 Å². The van der Waals surface area contributed by atoms with Gasteiger partial charge in [0.1, 0.15) is 18.3 Å². The van der Waals surface area contributed by atoms with Crippen LogP contribution in [-0.4, -0.2) is 61.4 Å². The van der Waals surface area contributed by atoms with Crippen molar-refractivity contribution in [1.29, 1.82) is 0 Å². The summed E-state index contributed by atoms with van der Waals surface area (Å²) in [5.74, 6) is 0. The van der Waals surface area contributed by atoms with Gasteiger partial charge in [-0.05, 0) is 11.6 Å². The van der Waals surface area contributed by atoms with Crippen molar-refractivity contribution < 1.29 is 30.3 Å². The molecule has 0 aliphatic heterocycles. The summed E-state index contributed by atoms with van der Waals surface area (Å²) in [5, 5.41) is 43.0. The van der Waals surface area contributed by atoms with Crippen molar-refractivity contribution in [3.8, 4) is 0 Å². The van der Waals surface area contributed by atoms with Crippen molar-refractivity contribution in [3.63, 3.8) is 0 Å². The van der Waals surface area contributed by atoms with Crippen LogP contribution in [0.4, 0.5) is 0 Å². The van der Waals surface area contributed by atoms with E-state index in [1.54, 1.807) is 0 Å². The quantitative estimate of drug-likeness (QED) is 0.212. The highest BCUT2D eigenvalue weighted by atomic mass is 35.5. The zero-order valence-electron chi connectivity index (χ0n) is 7.04. The van der Waals surface area contributed by atoms with Crippen LogP contribution in [0.2, 0.25) is 0 Å². The number of aliphatic hydroxyl groups excluding tert-OH is 4. The molecule has 7 nitrogen and oxygen atoms in total. The van der Waals surface area contributed by atoms with Gasteiger partial charge in [-0.3, -0.25) is 10.5 Å². The van der Waals surface area contributed by atoms with E-state index in [2.05, 4.69) is 0 Å². The van der Waals surface area contributed by atoms with Crippen LogP contribution >= 0.6 is 11.6 Å². The van der Waals surface area contributed by atoms with E-state index in [-0.39, 0.29) is 0 Å². The lowest BCUT2D eigenvalue weighted by molar-refractivity contribution is -0.166. The summed E-state index contributed by atoms with van der Waals surface area (Å²) < 4.78 is 0. The highest BCUT2D eigenvalue weighted by Gasteiger charge is 2.44. The van der Waals surface area contributed by atoms with Gasteiger partial charge in [-0.1, -0.05) is 0 Å². The second-order valence-electron chi connectivity index (χ2n) is 2.78. The summed E-state index contributed by atoms with van der Waals surface area (Å²) in [6, 6.07) is 0. The van der Waals surface area contributed by atoms with Crippen molar-refractivity contribution in [2.45, 2.75) is 24.0 Å². The van der Waals surface area contributed by atoms with Crippen molar-refractivity contribution in [1.82, 2.24) is 0 Å². The minimum atomic E-state index is -2.88. The Morgan fingerprint density at radius 3 is 2.14 bits per heavy atom. The Bertz CT molecular complexity index is 210. The van der Waals surface area contributed by atoms with Crippen LogP contribution < -0.4 is 5.73 Å². The first-order valence-electron chi connectivity index (χ1n) is 3.61. The third kappa shape index (κ3) is 2.85. The van der Waals surface area contributed by atoms with Crippen LogP contribution in [-0.2, 0) is 4.79 Å². The molecule has 84 valence electrons. The van der Waals surface area contributed by atoms with E-state index in [1.165, 1.54) is 0 Å². The van der Waals surface area contributed by atoms with Crippen LogP contribution in [0, 0.1) is 0 Å². The van der Waals surface area contributed by atoms with Gasteiger partial charge in [0.05, 0.1) is 6.61 Å². The lowest BCUT2D eigenvalue weighted by Gasteiger charge is -2.30. The molecule has 0 amide bonds. The summed E-state index contributed by atoms with van der Waals surface area (Å²) in [5.41, 5.74) is 1.99. The molecule has 4 atom stereocenters. The Morgan fingerprint density at radius 1 is 1.43 bits per heavy atom. The first-order valence-corrected chi connectivity index (χ1v) is 3.99. The standard InChI is InChI=1S/C6H12ClNO6/c7-5(13)6(8,14)4(12)3(11)2(10)1-9/h2-4,9-12,14H,1,8H2/t2-,3-,4+,6-/m1/s1. The minimum Gasteiger partial charge on any atom is -0.394 e. The maximum absolute atomic E-state index is 10.5. The predicted molar refractivity (Wildman–Crippen MR) is 45.1 cm³/mol. The highest BCUT2D eigenvalue weighted by Crippen LogP contribution is 2.13. The number of aliphatic hydroxyl groups is 5. The van der Waals surface area contributed by atoms with Gasteiger partial charge in [0.15, 0.2) is 0 Å². The topological polar surface area (TPSA) is 144 Å². The number of carbonyl (C=O) groups is 1. The van der Waals surface area contributed by atoms with Crippen molar-refractivity contribution in [2.24, 2.45) is 5.73 Å². The fraction of sp³-hybridized carbons (Fsp3) is 0.833. The molecule has 0 radical (unpaired) electrons. The Hall–Kier alpha value is -0.280. The molecule has 0 aromatic rings. The maximum Gasteiger partial charge on any atom is 0.271 e. The number of hydrogen-bond donors (Lipinski definition) is 6. The molecule has 7 N–H and O–H groups in total. The van der Waals surface area contributed by atoms with Gasteiger partial charge in [0.25, 0.3) is 5.24 Å². The zero-order valence-corrected chi connectivity index (χ0v) is 7.79. The SMILES string of the molecule is N[C@](O)(C(=O)Cl)[C@@H](O)[C@H](O)[C@H](O)CO. The van der Waals surface area contributed by atoms with E-state index < -0.39 is 35.9 Å². The van der Waals surface area contributed by atoms with Gasteiger partial charge in [-0.15, -0.1) is 0 Å². The molecule has 0 unspecified atom stereocenters. The van der Waals surface area contributed by atoms with Gasteiger partial charge in [0.2, 0.25) is 5.72 Å². The van der Waals surface area contributed by atoms with Crippen molar-refractivity contribution >= 4 is 16.8 Å². The molecule has 0 saturated heterocycles. The molecular formula is C6H12ClNO6. The molecule has 0 fully saturated rings. The van der Waals surface area contributed by atoms with E-state index in [0.29, 0.717) is 0 Å². The van der Waals surface area contributed by atoms with E-state index in [4.69, 9.17) is 42.9 Å². The van der Waals surface area contributed by atoms with Gasteiger partial charge in [0, 0.05) is 0 Å². The predicted octanol–water partition coefficient (Wildman–Crippen LogP) is -3.53. The fourth-order valence-corrected chi connectivity index (χ4v) is 0.807. The summed E-state index contributed by atoms with van der Waals surface area (Å²) in [4.78, 5) is 10.5. The monoisotopic (exact) mass is 229 g/mol. The van der Waals surface area contributed by atoms with E-state index in [0.717, 1.165) is 0 Å². The Morgan fingerprint density at radius 2 is 1.86 bits per heavy atom. The molecule has 0 rings (SSSR count). The van der Waals surface area contributed by atoms with Crippen LogP contribution in [0.1, 0.15) is 0 Å². The minimum absolute atomic E-state index is 0.870. The lowest BCUT2D eigenvalue weighted by atomic mass is 9.99. The molecule has 0 heterocycles. The second-order valence-corrected chi connectivity index (χ2v) is 3.13. The van der Waals surface area contributed by atoms with E-state index >= 15 is 0 Å². The molecule has 0 saturated carbocycles. The highest BCUT2D eigenvalue weighted by molar-refractivity contribution is 6.65. The number of halogens is 1. The maximum atomic E-state index is 10.5. The zero-order chi connectivity index (χ0) is 11.5. The normalized spacial score (nSPS) is 22.2. The average Bonchev–Trinajstić information content (AvgIpc) is 2.13. The number of carbonyl (C=O) groups excluding carboxylic acids is 1. The average molecular weight is 230 g/mol. The molecular weight excluding hydrogens is 218 g/mol. The Kier molecular flexibility index (Phi) is 4.89. The van der Waals surface area contributed by atoms with Gasteiger partial charge in [-0.2, -0.15) is 0 Å². The Labute approximate surface area is 84.3 Å². The van der Waals surface area contributed by atoms with E-state index in [1.807, 2.05) is 0 Å². The fourth-order valence-electron chi connectivity index (χ4n) is 0.695. The van der Waals surface area contributed by atoms with Crippen molar-refractivity contribution in [2.75, 3.05) is 6.61 Å².